The van der Waals surface area contributed by atoms with Crippen molar-refractivity contribution in [3.05, 3.63) is 53.2 Å². The number of nitrogens with zero attached hydrogens (tertiary/aromatic N) is 5. The van der Waals surface area contributed by atoms with Gasteiger partial charge in [-0.15, -0.1) is 0 Å². The maximum Gasteiger partial charge on any atom is 0.282 e. The molecular formula is C21H25N5O2. The van der Waals surface area contributed by atoms with Crippen LogP contribution in [0.15, 0.2) is 47.7 Å². The van der Waals surface area contributed by atoms with E-state index in [-0.39, 0.29) is 5.56 Å². The van der Waals surface area contributed by atoms with Crippen LogP contribution in [0.4, 0.5) is 5.69 Å². The maximum atomic E-state index is 13.2. The molecule has 0 fully saturated rings. The van der Waals surface area contributed by atoms with Crippen LogP contribution in [0.2, 0.25) is 0 Å². The first-order valence-electron chi connectivity index (χ1n) is 9.19. The lowest BCUT2D eigenvalue weighted by molar-refractivity contribution is 0.414. The Bertz CT molecular complexity index is 1170. The molecule has 0 saturated carbocycles. The van der Waals surface area contributed by atoms with Gasteiger partial charge >= 0.3 is 0 Å². The minimum atomic E-state index is -0.134. The van der Waals surface area contributed by atoms with Crippen molar-refractivity contribution in [1.82, 2.24) is 19.1 Å². The monoisotopic (exact) mass is 379 g/mol. The van der Waals surface area contributed by atoms with Crippen molar-refractivity contribution in [2.45, 2.75) is 13.8 Å². The van der Waals surface area contributed by atoms with Gasteiger partial charge in [0.05, 0.1) is 23.9 Å². The van der Waals surface area contributed by atoms with Crippen molar-refractivity contribution < 1.29 is 4.74 Å². The standard InChI is InChI=1S/C19H19N5O2.C2H6/c1-22(2)14-9-10-20-18-15(14)16-17(23(18)3)19(25)24(11-21-16)12-5-7-13(26-4)8-6-12;1-2/h5-11H,1-4H3;1-2H3. The van der Waals surface area contributed by atoms with E-state index in [1.807, 2.05) is 74.8 Å². The molecule has 3 aromatic heterocycles. The summed E-state index contributed by atoms with van der Waals surface area (Å²) >= 11 is 0. The molecule has 7 nitrogen and oxygen atoms in total. The third kappa shape index (κ3) is 2.98. The number of pyridine rings is 1. The third-order valence-corrected chi connectivity index (χ3v) is 4.58. The van der Waals surface area contributed by atoms with Crippen LogP contribution in [0.25, 0.3) is 27.8 Å². The molecule has 0 aliphatic carbocycles. The topological polar surface area (TPSA) is 65.2 Å². The molecule has 0 aliphatic rings. The first-order chi connectivity index (χ1) is 13.5. The van der Waals surface area contributed by atoms with Crippen LogP contribution in [0.1, 0.15) is 13.8 Å². The molecule has 0 amide bonds. The van der Waals surface area contributed by atoms with Crippen molar-refractivity contribution in [3.63, 3.8) is 0 Å². The van der Waals surface area contributed by atoms with Crippen LogP contribution in [0.3, 0.4) is 0 Å². The number of aryl methyl sites for hydroxylation is 1. The van der Waals surface area contributed by atoms with E-state index in [1.54, 1.807) is 19.6 Å². The number of methoxy groups -OCH3 is 1. The van der Waals surface area contributed by atoms with Crippen molar-refractivity contribution in [2.75, 3.05) is 26.1 Å². The molecular weight excluding hydrogens is 354 g/mol. The van der Waals surface area contributed by atoms with Gasteiger partial charge in [-0.05, 0) is 30.3 Å². The van der Waals surface area contributed by atoms with Gasteiger partial charge in [0, 0.05) is 27.3 Å². The van der Waals surface area contributed by atoms with E-state index < -0.39 is 0 Å². The Hall–Kier alpha value is -3.35. The number of ether oxygens (including phenoxy) is 1. The summed E-state index contributed by atoms with van der Waals surface area (Å²) in [6, 6.07) is 9.23. The number of fused-ring (bicyclic) bond motifs is 3. The number of anilines is 1. The van der Waals surface area contributed by atoms with Crippen molar-refractivity contribution in [1.29, 1.82) is 0 Å². The molecule has 4 aromatic rings. The molecule has 28 heavy (non-hydrogen) atoms. The Labute approximate surface area is 163 Å². The van der Waals surface area contributed by atoms with Crippen LogP contribution in [-0.4, -0.2) is 40.3 Å². The van der Waals surface area contributed by atoms with Crippen LogP contribution in [0.5, 0.6) is 5.75 Å². The summed E-state index contributed by atoms with van der Waals surface area (Å²) in [5.74, 6) is 0.736. The van der Waals surface area contributed by atoms with Crippen molar-refractivity contribution in [3.8, 4) is 11.4 Å². The predicted molar refractivity (Wildman–Crippen MR) is 114 cm³/mol. The lowest BCUT2D eigenvalue weighted by Crippen LogP contribution is -2.20. The second-order valence-electron chi connectivity index (χ2n) is 6.30. The molecule has 3 heterocycles. The number of aromatic nitrogens is 4. The highest BCUT2D eigenvalue weighted by Crippen LogP contribution is 2.31. The molecule has 0 aliphatic heterocycles. The van der Waals surface area contributed by atoms with E-state index in [0.29, 0.717) is 11.0 Å². The lowest BCUT2D eigenvalue weighted by atomic mass is 10.2. The molecule has 0 atom stereocenters. The van der Waals surface area contributed by atoms with Gasteiger partial charge in [0.1, 0.15) is 28.8 Å². The molecule has 4 rings (SSSR count). The average Bonchev–Trinajstić information content (AvgIpc) is 3.03. The summed E-state index contributed by atoms with van der Waals surface area (Å²) in [5, 5.41) is 0.883. The summed E-state index contributed by atoms with van der Waals surface area (Å²) in [4.78, 5) is 24.2. The minimum Gasteiger partial charge on any atom is -0.497 e. The largest absolute Gasteiger partial charge is 0.497 e. The zero-order chi connectivity index (χ0) is 20.4. The normalized spacial score (nSPS) is 10.6. The van der Waals surface area contributed by atoms with Gasteiger partial charge < -0.3 is 14.2 Å². The van der Waals surface area contributed by atoms with E-state index in [4.69, 9.17) is 4.74 Å². The van der Waals surface area contributed by atoms with Gasteiger partial charge in [0.2, 0.25) is 0 Å². The Morgan fingerprint density at radius 3 is 2.32 bits per heavy atom. The van der Waals surface area contributed by atoms with Gasteiger partial charge in [0.15, 0.2) is 0 Å². The van der Waals surface area contributed by atoms with Gasteiger partial charge in [-0.3, -0.25) is 9.36 Å². The SMILES string of the molecule is CC.COc1ccc(-n2cnc3c4c(N(C)C)ccnc4n(C)c3c2=O)cc1. The quantitative estimate of drug-likeness (QED) is 0.546. The Morgan fingerprint density at radius 1 is 1.04 bits per heavy atom. The molecule has 0 spiro atoms. The molecule has 7 heteroatoms. The fraction of sp³-hybridized carbons (Fsp3) is 0.286. The molecule has 0 unspecified atom stereocenters. The zero-order valence-corrected chi connectivity index (χ0v) is 17.1. The summed E-state index contributed by atoms with van der Waals surface area (Å²) < 4.78 is 8.53. The van der Waals surface area contributed by atoms with Gasteiger partial charge in [-0.25, -0.2) is 9.97 Å². The van der Waals surface area contributed by atoms with E-state index in [9.17, 15) is 4.79 Å². The molecule has 0 bridgehead atoms. The summed E-state index contributed by atoms with van der Waals surface area (Å²) in [6.45, 7) is 4.00. The smallest absolute Gasteiger partial charge is 0.282 e. The fourth-order valence-electron chi connectivity index (χ4n) is 3.26. The average molecular weight is 379 g/mol. The van der Waals surface area contributed by atoms with Crippen LogP contribution >= 0.6 is 0 Å². The summed E-state index contributed by atoms with van der Waals surface area (Å²) in [6.07, 6.45) is 3.32. The summed E-state index contributed by atoms with van der Waals surface area (Å²) in [7, 11) is 7.39. The highest BCUT2D eigenvalue weighted by molar-refractivity contribution is 6.10. The summed E-state index contributed by atoms with van der Waals surface area (Å²) in [5.41, 5.74) is 3.51. The highest BCUT2D eigenvalue weighted by atomic mass is 16.5. The number of hydrogen-bond acceptors (Lipinski definition) is 5. The number of hydrogen-bond donors (Lipinski definition) is 0. The maximum absolute atomic E-state index is 13.2. The zero-order valence-electron chi connectivity index (χ0n) is 17.1. The van der Waals surface area contributed by atoms with Crippen LogP contribution in [0, 0.1) is 0 Å². The number of rotatable bonds is 3. The molecule has 0 radical (unpaired) electrons. The molecule has 0 N–H and O–H groups in total. The predicted octanol–water partition coefficient (Wildman–Crippen LogP) is 3.37. The first kappa shape index (κ1) is 19.4. The second kappa shape index (κ2) is 7.72. The minimum absolute atomic E-state index is 0.134. The van der Waals surface area contributed by atoms with Crippen molar-refractivity contribution in [2.24, 2.45) is 7.05 Å². The second-order valence-corrected chi connectivity index (χ2v) is 6.30. The number of benzene rings is 1. The van der Waals surface area contributed by atoms with Crippen molar-refractivity contribution >= 4 is 27.8 Å². The highest BCUT2D eigenvalue weighted by Gasteiger charge is 2.19. The Morgan fingerprint density at radius 2 is 1.71 bits per heavy atom. The Balaban J connectivity index is 0.00000109. The van der Waals surface area contributed by atoms with E-state index in [2.05, 4.69) is 9.97 Å². The first-order valence-corrected chi connectivity index (χ1v) is 9.19. The van der Waals surface area contributed by atoms with Gasteiger partial charge in [0.25, 0.3) is 5.56 Å². The molecule has 146 valence electrons. The van der Waals surface area contributed by atoms with Gasteiger partial charge in [-0.1, -0.05) is 13.8 Å². The fourth-order valence-corrected chi connectivity index (χ4v) is 3.26. The van der Waals surface area contributed by atoms with E-state index in [1.165, 1.54) is 4.57 Å². The van der Waals surface area contributed by atoms with E-state index in [0.717, 1.165) is 28.2 Å². The molecule has 1 aromatic carbocycles. The molecule has 0 saturated heterocycles. The third-order valence-electron chi connectivity index (χ3n) is 4.58. The van der Waals surface area contributed by atoms with Crippen LogP contribution < -0.4 is 15.2 Å². The van der Waals surface area contributed by atoms with Crippen LogP contribution in [-0.2, 0) is 7.05 Å². The van der Waals surface area contributed by atoms with Gasteiger partial charge in [-0.2, -0.15) is 0 Å². The lowest BCUT2D eigenvalue weighted by Gasteiger charge is -2.13. The van der Waals surface area contributed by atoms with E-state index >= 15 is 0 Å². The Kier molecular flexibility index (Phi) is 5.35.